The van der Waals surface area contributed by atoms with Gasteiger partial charge in [0.25, 0.3) is 0 Å². The van der Waals surface area contributed by atoms with E-state index in [1.807, 2.05) is 20.8 Å². The highest BCUT2D eigenvalue weighted by molar-refractivity contribution is 5.13. The van der Waals surface area contributed by atoms with E-state index in [0.29, 0.717) is 13.2 Å². The summed E-state index contributed by atoms with van der Waals surface area (Å²) in [6, 6.07) is 2.29. The number of nitriles is 1. The molecule has 0 amide bonds. The summed E-state index contributed by atoms with van der Waals surface area (Å²) in [5, 5.41) is 9.02. The first-order valence-electron chi connectivity index (χ1n) is 4.83. The molecule has 1 aliphatic rings. The minimum atomic E-state index is -0.634. The summed E-state index contributed by atoms with van der Waals surface area (Å²) >= 11 is 0. The minimum absolute atomic E-state index is 0.459. The van der Waals surface area contributed by atoms with E-state index in [2.05, 4.69) is 6.07 Å². The Morgan fingerprint density at radius 1 is 1.23 bits per heavy atom. The molecule has 0 aliphatic heterocycles. The molecule has 1 unspecified atom stereocenters. The maximum absolute atomic E-state index is 9.02. The third kappa shape index (κ3) is 1.45. The Morgan fingerprint density at radius 2 is 1.77 bits per heavy atom. The third-order valence-electron chi connectivity index (χ3n) is 2.80. The van der Waals surface area contributed by atoms with Gasteiger partial charge in [-0.1, -0.05) is 0 Å². The molecule has 0 bridgehead atoms. The topological polar surface area (TPSA) is 42.2 Å². The van der Waals surface area contributed by atoms with E-state index in [4.69, 9.17) is 14.7 Å². The number of nitrogens with zero attached hydrogens (tertiary/aromatic N) is 1. The fourth-order valence-corrected chi connectivity index (χ4v) is 1.82. The van der Waals surface area contributed by atoms with Crippen molar-refractivity contribution in [2.75, 3.05) is 13.2 Å². The zero-order chi connectivity index (χ0) is 9.95. The molecule has 3 nitrogen and oxygen atoms in total. The van der Waals surface area contributed by atoms with E-state index in [9.17, 15) is 0 Å². The second kappa shape index (κ2) is 3.65. The lowest BCUT2D eigenvalue weighted by atomic mass is 9.65. The van der Waals surface area contributed by atoms with Crippen molar-refractivity contribution >= 4 is 0 Å². The SMILES string of the molecule is CCOC1(OCC)CCC1(C)C#N. The lowest BCUT2D eigenvalue weighted by Crippen LogP contribution is -2.58. The van der Waals surface area contributed by atoms with Gasteiger partial charge in [-0.2, -0.15) is 5.26 Å². The van der Waals surface area contributed by atoms with Crippen LogP contribution in [0.15, 0.2) is 0 Å². The van der Waals surface area contributed by atoms with Crippen LogP contribution in [0.25, 0.3) is 0 Å². The van der Waals surface area contributed by atoms with E-state index in [1.165, 1.54) is 0 Å². The van der Waals surface area contributed by atoms with Crippen molar-refractivity contribution in [1.29, 1.82) is 5.26 Å². The molecule has 1 atom stereocenters. The van der Waals surface area contributed by atoms with Crippen LogP contribution in [0.2, 0.25) is 0 Å². The molecule has 1 fully saturated rings. The van der Waals surface area contributed by atoms with E-state index in [-0.39, 0.29) is 0 Å². The van der Waals surface area contributed by atoms with Crippen LogP contribution in [0.3, 0.4) is 0 Å². The lowest BCUT2D eigenvalue weighted by Gasteiger charge is -2.52. The Hall–Kier alpha value is -0.590. The molecule has 0 N–H and O–H groups in total. The highest BCUT2D eigenvalue weighted by Crippen LogP contribution is 2.52. The Labute approximate surface area is 79.6 Å². The number of rotatable bonds is 4. The van der Waals surface area contributed by atoms with Crippen molar-refractivity contribution in [2.45, 2.75) is 39.4 Å². The molecule has 1 aliphatic carbocycles. The number of hydrogen-bond donors (Lipinski definition) is 0. The van der Waals surface area contributed by atoms with Crippen LogP contribution in [-0.2, 0) is 9.47 Å². The number of hydrogen-bond acceptors (Lipinski definition) is 3. The average molecular weight is 183 g/mol. The van der Waals surface area contributed by atoms with E-state index >= 15 is 0 Å². The Kier molecular flexibility index (Phi) is 2.94. The molecule has 3 heteroatoms. The van der Waals surface area contributed by atoms with Gasteiger partial charge in [0.15, 0.2) is 5.79 Å². The zero-order valence-electron chi connectivity index (χ0n) is 8.59. The summed E-state index contributed by atoms with van der Waals surface area (Å²) in [5.74, 6) is -0.634. The van der Waals surface area contributed by atoms with Gasteiger partial charge in [-0.3, -0.25) is 0 Å². The van der Waals surface area contributed by atoms with Gasteiger partial charge in [-0.15, -0.1) is 0 Å². The molecule has 0 saturated heterocycles. The third-order valence-corrected chi connectivity index (χ3v) is 2.80. The van der Waals surface area contributed by atoms with Crippen molar-refractivity contribution < 1.29 is 9.47 Å². The van der Waals surface area contributed by atoms with Crippen molar-refractivity contribution in [2.24, 2.45) is 5.41 Å². The molecule has 0 radical (unpaired) electrons. The zero-order valence-corrected chi connectivity index (χ0v) is 8.59. The fraction of sp³-hybridized carbons (Fsp3) is 0.900. The van der Waals surface area contributed by atoms with Gasteiger partial charge >= 0.3 is 0 Å². The van der Waals surface area contributed by atoms with E-state index < -0.39 is 11.2 Å². The van der Waals surface area contributed by atoms with Crippen LogP contribution < -0.4 is 0 Å². The summed E-state index contributed by atoms with van der Waals surface area (Å²) in [6.07, 6.45) is 1.70. The summed E-state index contributed by atoms with van der Waals surface area (Å²) < 4.78 is 11.1. The molecule has 74 valence electrons. The van der Waals surface area contributed by atoms with Crippen LogP contribution in [0.5, 0.6) is 0 Å². The van der Waals surface area contributed by atoms with Crippen molar-refractivity contribution in [3.8, 4) is 6.07 Å². The first-order valence-corrected chi connectivity index (χ1v) is 4.83. The predicted molar refractivity (Wildman–Crippen MR) is 48.9 cm³/mol. The quantitative estimate of drug-likeness (QED) is 0.627. The summed E-state index contributed by atoms with van der Waals surface area (Å²) in [7, 11) is 0. The molecule has 0 aromatic carbocycles. The van der Waals surface area contributed by atoms with Crippen molar-refractivity contribution in [1.82, 2.24) is 0 Å². The Morgan fingerprint density at radius 3 is 2.00 bits per heavy atom. The lowest BCUT2D eigenvalue weighted by molar-refractivity contribution is -0.326. The molecule has 13 heavy (non-hydrogen) atoms. The predicted octanol–water partition coefficient (Wildman–Crippen LogP) is 2.08. The Bertz CT molecular complexity index is 215. The summed E-state index contributed by atoms with van der Waals surface area (Å²) in [5.41, 5.74) is -0.459. The highest BCUT2D eigenvalue weighted by atomic mass is 16.7. The largest absolute Gasteiger partial charge is 0.349 e. The minimum Gasteiger partial charge on any atom is -0.349 e. The van der Waals surface area contributed by atoms with Crippen LogP contribution in [-0.4, -0.2) is 19.0 Å². The molecule has 1 rings (SSSR count). The maximum Gasteiger partial charge on any atom is 0.186 e. The van der Waals surface area contributed by atoms with Gasteiger partial charge in [0, 0.05) is 19.6 Å². The first kappa shape index (κ1) is 10.5. The van der Waals surface area contributed by atoms with E-state index in [1.54, 1.807) is 0 Å². The highest BCUT2D eigenvalue weighted by Gasteiger charge is 2.59. The van der Waals surface area contributed by atoms with Crippen LogP contribution >= 0.6 is 0 Å². The van der Waals surface area contributed by atoms with Crippen molar-refractivity contribution in [3.63, 3.8) is 0 Å². The molecule has 1 saturated carbocycles. The number of ether oxygens (including phenoxy) is 2. The molecular weight excluding hydrogens is 166 g/mol. The Balaban J connectivity index is 2.75. The monoisotopic (exact) mass is 183 g/mol. The molecular formula is C10H17NO2. The van der Waals surface area contributed by atoms with Crippen molar-refractivity contribution in [3.05, 3.63) is 0 Å². The molecule has 0 spiro atoms. The van der Waals surface area contributed by atoms with Gasteiger partial charge < -0.3 is 9.47 Å². The smallest absolute Gasteiger partial charge is 0.186 e. The van der Waals surface area contributed by atoms with Gasteiger partial charge in [0.2, 0.25) is 0 Å². The van der Waals surface area contributed by atoms with E-state index in [0.717, 1.165) is 12.8 Å². The van der Waals surface area contributed by atoms with Gasteiger partial charge in [-0.05, 0) is 27.2 Å². The van der Waals surface area contributed by atoms with Crippen LogP contribution in [0.1, 0.15) is 33.6 Å². The molecule has 0 aromatic rings. The normalized spacial score (nSPS) is 30.6. The van der Waals surface area contributed by atoms with Gasteiger partial charge in [0.05, 0.1) is 6.07 Å². The second-order valence-electron chi connectivity index (χ2n) is 3.56. The van der Waals surface area contributed by atoms with Crippen LogP contribution in [0.4, 0.5) is 0 Å². The standard InChI is InChI=1S/C10H17NO2/c1-4-12-10(13-5-2)7-6-9(10,3)8-11/h4-7H2,1-3H3. The summed E-state index contributed by atoms with van der Waals surface area (Å²) in [4.78, 5) is 0. The first-order chi connectivity index (χ1) is 6.14. The summed E-state index contributed by atoms with van der Waals surface area (Å²) in [6.45, 7) is 6.95. The van der Waals surface area contributed by atoms with Crippen LogP contribution in [0, 0.1) is 16.7 Å². The maximum atomic E-state index is 9.02. The molecule has 0 aromatic heterocycles. The van der Waals surface area contributed by atoms with Gasteiger partial charge in [-0.25, -0.2) is 0 Å². The second-order valence-corrected chi connectivity index (χ2v) is 3.56. The fourth-order valence-electron chi connectivity index (χ4n) is 1.82. The van der Waals surface area contributed by atoms with Gasteiger partial charge in [0.1, 0.15) is 5.41 Å². The average Bonchev–Trinajstić information content (AvgIpc) is 2.14. The molecule has 0 heterocycles.